The van der Waals surface area contributed by atoms with E-state index in [2.05, 4.69) is 10.6 Å². The van der Waals surface area contributed by atoms with Gasteiger partial charge in [-0.25, -0.2) is 8.78 Å². The van der Waals surface area contributed by atoms with Crippen LogP contribution in [0.3, 0.4) is 0 Å². The molecule has 0 unspecified atom stereocenters. The van der Waals surface area contributed by atoms with Crippen molar-refractivity contribution in [1.29, 1.82) is 0 Å². The molecule has 0 spiro atoms. The minimum atomic E-state index is -0.813. The van der Waals surface area contributed by atoms with Crippen LogP contribution in [0.2, 0.25) is 0 Å². The molecule has 1 aromatic carbocycles. The normalized spacial score (nSPS) is 11.3. The molecule has 1 aromatic rings. The summed E-state index contributed by atoms with van der Waals surface area (Å²) in [5.74, 6) is -2.59. The molecule has 1 amide bonds. The van der Waals surface area contributed by atoms with Crippen LogP contribution in [-0.2, 0) is 11.3 Å². The van der Waals surface area contributed by atoms with Crippen LogP contribution in [0.25, 0.3) is 0 Å². The Hall–Kier alpha value is -1.69. The lowest BCUT2D eigenvalue weighted by Crippen LogP contribution is -2.43. The molecule has 0 aliphatic carbocycles. The molecule has 118 valence electrons. The smallest absolute Gasteiger partial charge is 0.258 e. The number of hydrogen-bond donors (Lipinski definition) is 2. The molecule has 0 radical (unpaired) electrons. The lowest BCUT2D eigenvalue weighted by molar-refractivity contribution is -0.124. The fourth-order valence-corrected chi connectivity index (χ4v) is 1.71. The van der Waals surface area contributed by atoms with Gasteiger partial charge in [0.15, 0.2) is 24.0 Å². The Morgan fingerprint density at radius 2 is 1.81 bits per heavy atom. The number of carbonyl (C=O) groups excluding carboxylic acids is 1. The van der Waals surface area contributed by atoms with Crippen LogP contribution in [0.15, 0.2) is 12.1 Å². The SMILES string of the molecule is CCNCc1cc(F)c(OCC(=O)NC(C)(C)C)c(F)c1. The number of hydrogen-bond acceptors (Lipinski definition) is 3. The van der Waals surface area contributed by atoms with Crippen molar-refractivity contribution in [2.24, 2.45) is 0 Å². The zero-order chi connectivity index (χ0) is 16.0. The quantitative estimate of drug-likeness (QED) is 0.848. The molecule has 0 saturated carbocycles. The minimum absolute atomic E-state index is 0.370. The molecular formula is C15H22F2N2O2. The average Bonchev–Trinajstić information content (AvgIpc) is 2.33. The standard InChI is InChI=1S/C15H22F2N2O2/c1-5-18-8-10-6-11(16)14(12(17)7-10)21-9-13(20)19-15(2,3)4/h6-7,18H,5,8-9H2,1-4H3,(H,19,20). The van der Waals surface area contributed by atoms with Crippen molar-refractivity contribution < 1.29 is 18.3 Å². The molecule has 21 heavy (non-hydrogen) atoms. The van der Waals surface area contributed by atoms with Gasteiger partial charge in [-0.3, -0.25) is 4.79 Å². The van der Waals surface area contributed by atoms with E-state index in [0.717, 1.165) is 0 Å². The van der Waals surface area contributed by atoms with E-state index in [0.29, 0.717) is 18.7 Å². The lowest BCUT2D eigenvalue weighted by atomic mass is 10.1. The third kappa shape index (κ3) is 6.08. The van der Waals surface area contributed by atoms with E-state index < -0.39 is 35.4 Å². The van der Waals surface area contributed by atoms with Gasteiger partial charge in [0.1, 0.15) is 0 Å². The molecule has 0 bridgehead atoms. The summed E-state index contributed by atoms with van der Waals surface area (Å²) in [4.78, 5) is 11.6. The second-order valence-corrected chi connectivity index (χ2v) is 5.76. The van der Waals surface area contributed by atoms with Crippen molar-refractivity contribution in [2.45, 2.75) is 39.8 Å². The Labute approximate surface area is 123 Å². The van der Waals surface area contributed by atoms with E-state index >= 15 is 0 Å². The zero-order valence-corrected chi connectivity index (χ0v) is 12.8. The van der Waals surface area contributed by atoms with E-state index in [-0.39, 0.29) is 0 Å². The van der Waals surface area contributed by atoms with E-state index in [4.69, 9.17) is 4.74 Å². The number of nitrogens with one attached hydrogen (secondary N) is 2. The lowest BCUT2D eigenvalue weighted by Gasteiger charge is -2.20. The molecule has 4 nitrogen and oxygen atoms in total. The van der Waals surface area contributed by atoms with Crippen molar-refractivity contribution in [3.8, 4) is 5.75 Å². The monoisotopic (exact) mass is 300 g/mol. The van der Waals surface area contributed by atoms with Gasteiger partial charge < -0.3 is 15.4 Å². The highest BCUT2D eigenvalue weighted by atomic mass is 19.1. The number of ether oxygens (including phenoxy) is 1. The van der Waals surface area contributed by atoms with Crippen molar-refractivity contribution >= 4 is 5.91 Å². The summed E-state index contributed by atoms with van der Waals surface area (Å²) >= 11 is 0. The van der Waals surface area contributed by atoms with Crippen LogP contribution >= 0.6 is 0 Å². The van der Waals surface area contributed by atoms with Crippen molar-refractivity contribution in [3.05, 3.63) is 29.3 Å². The molecule has 0 atom stereocenters. The van der Waals surface area contributed by atoms with Crippen molar-refractivity contribution in [3.63, 3.8) is 0 Å². The Balaban J connectivity index is 2.69. The number of rotatable bonds is 6. The highest BCUT2D eigenvalue weighted by Crippen LogP contribution is 2.23. The van der Waals surface area contributed by atoms with Gasteiger partial charge in [-0.1, -0.05) is 6.92 Å². The molecule has 0 aliphatic rings. The van der Waals surface area contributed by atoms with Gasteiger partial charge in [0.25, 0.3) is 5.91 Å². The van der Waals surface area contributed by atoms with Gasteiger partial charge in [-0.15, -0.1) is 0 Å². The summed E-state index contributed by atoms with van der Waals surface area (Å²) < 4.78 is 32.6. The van der Waals surface area contributed by atoms with Gasteiger partial charge in [0.2, 0.25) is 0 Å². The second kappa shape index (κ2) is 7.36. The molecule has 0 saturated heterocycles. The summed E-state index contributed by atoms with van der Waals surface area (Å²) in [6.45, 7) is 7.96. The first-order valence-electron chi connectivity index (χ1n) is 6.85. The maximum Gasteiger partial charge on any atom is 0.258 e. The minimum Gasteiger partial charge on any atom is -0.478 e. The van der Waals surface area contributed by atoms with Crippen LogP contribution in [0, 0.1) is 11.6 Å². The summed E-state index contributed by atoms with van der Waals surface area (Å²) in [7, 11) is 0. The Bertz CT molecular complexity index is 476. The number of benzene rings is 1. The largest absolute Gasteiger partial charge is 0.478 e. The highest BCUT2D eigenvalue weighted by Gasteiger charge is 2.17. The van der Waals surface area contributed by atoms with Crippen LogP contribution in [-0.4, -0.2) is 24.6 Å². The Kier molecular flexibility index (Phi) is 6.08. The second-order valence-electron chi connectivity index (χ2n) is 5.76. The highest BCUT2D eigenvalue weighted by molar-refractivity contribution is 5.78. The molecule has 0 aliphatic heterocycles. The molecule has 0 heterocycles. The van der Waals surface area contributed by atoms with E-state index in [1.807, 2.05) is 27.7 Å². The summed E-state index contributed by atoms with van der Waals surface area (Å²) in [5.41, 5.74) is 0.0612. The molecule has 1 rings (SSSR count). The maximum absolute atomic E-state index is 13.8. The zero-order valence-electron chi connectivity index (χ0n) is 12.8. The van der Waals surface area contributed by atoms with Crippen LogP contribution in [0.5, 0.6) is 5.75 Å². The Morgan fingerprint density at radius 3 is 2.29 bits per heavy atom. The van der Waals surface area contributed by atoms with Crippen LogP contribution < -0.4 is 15.4 Å². The molecule has 2 N–H and O–H groups in total. The maximum atomic E-state index is 13.8. The van der Waals surface area contributed by atoms with Crippen LogP contribution in [0.1, 0.15) is 33.3 Å². The topological polar surface area (TPSA) is 50.4 Å². The first-order valence-corrected chi connectivity index (χ1v) is 6.85. The van der Waals surface area contributed by atoms with Gasteiger partial charge >= 0.3 is 0 Å². The molecule has 0 fully saturated rings. The summed E-state index contributed by atoms with van der Waals surface area (Å²) in [6, 6.07) is 2.39. The van der Waals surface area contributed by atoms with Crippen molar-refractivity contribution in [1.82, 2.24) is 10.6 Å². The molecular weight excluding hydrogens is 278 g/mol. The van der Waals surface area contributed by atoms with E-state index in [9.17, 15) is 13.6 Å². The summed E-state index contributed by atoms with van der Waals surface area (Å²) in [6.07, 6.45) is 0. The predicted molar refractivity (Wildman–Crippen MR) is 77.1 cm³/mol. The molecule has 0 aromatic heterocycles. The fraction of sp³-hybridized carbons (Fsp3) is 0.533. The van der Waals surface area contributed by atoms with Crippen LogP contribution in [0.4, 0.5) is 8.78 Å². The third-order valence-corrected chi connectivity index (χ3v) is 2.50. The molecule has 6 heteroatoms. The fourth-order valence-electron chi connectivity index (χ4n) is 1.71. The first-order chi connectivity index (χ1) is 9.73. The first kappa shape index (κ1) is 17.4. The van der Waals surface area contributed by atoms with Gasteiger partial charge in [0.05, 0.1) is 0 Å². The van der Waals surface area contributed by atoms with E-state index in [1.165, 1.54) is 12.1 Å². The average molecular weight is 300 g/mol. The third-order valence-electron chi connectivity index (χ3n) is 2.50. The Morgan fingerprint density at radius 1 is 1.24 bits per heavy atom. The van der Waals surface area contributed by atoms with Gasteiger partial charge in [0, 0.05) is 12.1 Å². The summed E-state index contributed by atoms with van der Waals surface area (Å²) in [5, 5.41) is 5.62. The number of amides is 1. The van der Waals surface area contributed by atoms with E-state index in [1.54, 1.807) is 0 Å². The van der Waals surface area contributed by atoms with Gasteiger partial charge in [-0.2, -0.15) is 0 Å². The predicted octanol–water partition coefficient (Wildman–Crippen LogP) is 2.37. The van der Waals surface area contributed by atoms with Gasteiger partial charge in [-0.05, 0) is 45.0 Å². The number of carbonyl (C=O) groups is 1. The van der Waals surface area contributed by atoms with Crippen molar-refractivity contribution in [2.75, 3.05) is 13.2 Å². The number of halogens is 2.